The fourth-order valence-electron chi connectivity index (χ4n) is 2.29. The lowest BCUT2D eigenvalue weighted by Gasteiger charge is -2.16. The summed E-state index contributed by atoms with van der Waals surface area (Å²) in [7, 11) is 1.74. The average molecular weight is 250 g/mol. The van der Waals surface area contributed by atoms with Crippen LogP contribution >= 0.6 is 0 Å². The lowest BCUT2D eigenvalue weighted by molar-refractivity contribution is 0.408. The van der Waals surface area contributed by atoms with Gasteiger partial charge < -0.3 is 15.8 Å². The molecule has 1 rings (SSSR count). The van der Waals surface area contributed by atoms with Gasteiger partial charge in [-0.05, 0) is 75.5 Å². The SMILES string of the molecule is COc1c(C)cc(CCNCCCN)c(C)c1C. The van der Waals surface area contributed by atoms with Gasteiger partial charge in [0.2, 0.25) is 0 Å². The molecule has 0 amide bonds. The number of ether oxygens (including phenoxy) is 1. The number of nitrogens with two attached hydrogens (primary N) is 1. The van der Waals surface area contributed by atoms with Crippen molar-refractivity contribution in [1.29, 1.82) is 0 Å². The topological polar surface area (TPSA) is 47.3 Å². The van der Waals surface area contributed by atoms with E-state index >= 15 is 0 Å². The van der Waals surface area contributed by atoms with Gasteiger partial charge in [-0.15, -0.1) is 0 Å². The third-order valence-electron chi connectivity index (χ3n) is 3.47. The van der Waals surface area contributed by atoms with E-state index in [1.807, 2.05) is 0 Å². The van der Waals surface area contributed by atoms with E-state index in [4.69, 9.17) is 10.5 Å². The summed E-state index contributed by atoms with van der Waals surface area (Å²) in [5, 5.41) is 3.42. The summed E-state index contributed by atoms with van der Waals surface area (Å²) in [4.78, 5) is 0. The van der Waals surface area contributed by atoms with Gasteiger partial charge in [-0.2, -0.15) is 0 Å². The summed E-state index contributed by atoms with van der Waals surface area (Å²) in [5.74, 6) is 1.02. The van der Waals surface area contributed by atoms with Crippen LogP contribution in [0.4, 0.5) is 0 Å². The molecule has 3 N–H and O–H groups in total. The molecule has 0 aliphatic rings. The summed E-state index contributed by atoms with van der Waals surface area (Å²) < 4.78 is 5.44. The molecule has 3 nitrogen and oxygen atoms in total. The summed E-state index contributed by atoms with van der Waals surface area (Å²) in [6, 6.07) is 2.24. The van der Waals surface area contributed by atoms with Crippen molar-refractivity contribution in [2.75, 3.05) is 26.7 Å². The molecule has 3 heteroatoms. The highest BCUT2D eigenvalue weighted by Crippen LogP contribution is 2.28. The highest BCUT2D eigenvalue weighted by atomic mass is 16.5. The third kappa shape index (κ3) is 3.72. The highest BCUT2D eigenvalue weighted by molar-refractivity contribution is 5.49. The second-order valence-electron chi connectivity index (χ2n) is 4.78. The van der Waals surface area contributed by atoms with Crippen LogP contribution in [0.25, 0.3) is 0 Å². The van der Waals surface area contributed by atoms with Crippen LogP contribution < -0.4 is 15.8 Å². The lowest BCUT2D eigenvalue weighted by Crippen LogP contribution is -2.21. The summed E-state index contributed by atoms with van der Waals surface area (Å²) in [6.45, 7) is 9.18. The quantitative estimate of drug-likeness (QED) is 0.729. The molecule has 0 radical (unpaired) electrons. The Morgan fingerprint density at radius 3 is 2.50 bits per heavy atom. The number of hydrogen-bond donors (Lipinski definition) is 2. The van der Waals surface area contributed by atoms with Gasteiger partial charge in [0.15, 0.2) is 0 Å². The molecule has 102 valence electrons. The van der Waals surface area contributed by atoms with Crippen LogP contribution in [-0.2, 0) is 6.42 Å². The fourth-order valence-corrected chi connectivity index (χ4v) is 2.29. The summed E-state index contributed by atoms with van der Waals surface area (Å²) in [6.07, 6.45) is 2.10. The van der Waals surface area contributed by atoms with E-state index < -0.39 is 0 Å². The van der Waals surface area contributed by atoms with Gasteiger partial charge in [0.1, 0.15) is 5.75 Å². The van der Waals surface area contributed by atoms with Crippen LogP contribution in [-0.4, -0.2) is 26.7 Å². The van der Waals surface area contributed by atoms with Crippen LogP contribution in [0.2, 0.25) is 0 Å². The van der Waals surface area contributed by atoms with Gasteiger partial charge in [-0.1, -0.05) is 6.07 Å². The molecule has 0 fully saturated rings. The molecule has 0 saturated heterocycles. The second-order valence-corrected chi connectivity index (χ2v) is 4.78. The largest absolute Gasteiger partial charge is 0.496 e. The molecule has 0 unspecified atom stereocenters. The molecule has 0 saturated carbocycles. The van der Waals surface area contributed by atoms with Gasteiger partial charge in [-0.3, -0.25) is 0 Å². The van der Waals surface area contributed by atoms with Crippen molar-refractivity contribution in [3.8, 4) is 5.75 Å². The molecule has 0 heterocycles. The number of benzene rings is 1. The number of aryl methyl sites for hydroxylation is 1. The first-order valence-electron chi connectivity index (χ1n) is 6.66. The summed E-state index contributed by atoms with van der Waals surface area (Å²) in [5.41, 5.74) is 10.7. The fraction of sp³-hybridized carbons (Fsp3) is 0.600. The molecule has 0 atom stereocenters. The molecule has 0 aliphatic heterocycles. The van der Waals surface area contributed by atoms with E-state index in [9.17, 15) is 0 Å². The molecule has 0 bridgehead atoms. The maximum absolute atomic E-state index is 5.46. The van der Waals surface area contributed by atoms with Crippen LogP contribution in [0.1, 0.15) is 28.7 Å². The van der Waals surface area contributed by atoms with Crippen molar-refractivity contribution in [3.63, 3.8) is 0 Å². The third-order valence-corrected chi connectivity index (χ3v) is 3.47. The monoisotopic (exact) mass is 250 g/mol. The zero-order valence-electron chi connectivity index (χ0n) is 12.1. The Balaban J connectivity index is 2.66. The standard InChI is InChI=1S/C15H26N2O/c1-11-10-14(6-9-17-8-5-7-16)12(2)13(3)15(11)18-4/h10,17H,5-9,16H2,1-4H3. The molecule has 0 aliphatic carbocycles. The van der Waals surface area contributed by atoms with Gasteiger partial charge in [0, 0.05) is 0 Å². The molecule has 18 heavy (non-hydrogen) atoms. The van der Waals surface area contributed by atoms with Crippen LogP contribution in [0.3, 0.4) is 0 Å². The number of methoxy groups -OCH3 is 1. The average Bonchev–Trinajstić information content (AvgIpc) is 2.35. The Morgan fingerprint density at radius 1 is 1.17 bits per heavy atom. The van der Waals surface area contributed by atoms with E-state index in [1.165, 1.54) is 22.3 Å². The first-order valence-corrected chi connectivity index (χ1v) is 6.66. The maximum Gasteiger partial charge on any atom is 0.124 e. The Bertz CT molecular complexity index is 389. The molecule has 0 spiro atoms. The van der Waals surface area contributed by atoms with Crippen molar-refractivity contribution in [2.45, 2.75) is 33.6 Å². The normalized spacial score (nSPS) is 10.7. The first-order chi connectivity index (χ1) is 8.61. The first kappa shape index (κ1) is 15.0. The lowest BCUT2D eigenvalue weighted by atomic mass is 9.96. The van der Waals surface area contributed by atoms with Gasteiger partial charge in [0.25, 0.3) is 0 Å². The Hall–Kier alpha value is -1.06. The molecule has 1 aromatic rings. The number of hydrogen-bond acceptors (Lipinski definition) is 3. The predicted molar refractivity (Wildman–Crippen MR) is 77.5 cm³/mol. The van der Waals surface area contributed by atoms with Crippen LogP contribution in [0.15, 0.2) is 6.07 Å². The second kappa shape index (κ2) is 7.39. The van der Waals surface area contributed by atoms with Crippen molar-refractivity contribution in [1.82, 2.24) is 5.32 Å². The van der Waals surface area contributed by atoms with Gasteiger partial charge in [-0.25, -0.2) is 0 Å². The minimum atomic E-state index is 0.757. The predicted octanol–water partition coefficient (Wildman–Crippen LogP) is 2.10. The van der Waals surface area contributed by atoms with E-state index in [1.54, 1.807) is 7.11 Å². The maximum atomic E-state index is 5.46. The van der Waals surface area contributed by atoms with E-state index in [2.05, 4.69) is 32.2 Å². The van der Waals surface area contributed by atoms with Crippen molar-refractivity contribution in [3.05, 3.63) is 28.3 Å². The van der Waals surface area contributed by atoms with E-state index in [0.29, 0.717) is 0 Å². The smallest absolute Gasteiger partial charge is 0.124 e. The van der Waals surface area contributed by atoms with Crippen LogP contribution in [0, 0.1) is 20.8 Å². The van der Waals surface area contributed by atoms with Crippen LogP contribution in [0.5, 0.6) is 5.75 Å². The molecular weight excluding hydrogens is 224 g/mol. The molecule has 1 aromatic carbocycles. The Morgan fingerprint density at radius 2 is 1.89 bits per heavy atom. The molecular formula is C15H26N2O. The minimum Gasteiger partial charge on any atom is -0.496 e. The minimum absolute atomic E-state index is 0.757. The van der Waals surface area contributed by atoms with Crippen molar-refractivity contribution < 1.29 is 4.74 Å². The van der Waals surface area contributed by atoms with Crippen molar-refractivity contribution in [2.24, 2.45) is 5.73 Å². The highest BCUT2D eigenvalue weighted by Gasteiger charge is 2.09. The Kier molecular flexibility index (Phi) is 6.16. The zero-order chi connectivity index (χ0) is 13.5. The Labute approximate surface area is 111 Å². The van der Waals surface area contributed by atoms with E-state index in [0.717, 1.165) is 38.2 Å². The van der Waals surface area contributed by atoms with Crippen molar-refractivity contribution >= 4 is 0 Å². The zero-order valence-corrected chi connectivity index (χ0v) is 12.1. The summed E-state index contributed by atoms with van der Waals surface area (Å²) >= 11 is 0. The molecule has 0 aromatic heterocycles. The van der Waals surface area contributed by atoms with Gasteiger partial charge in [0.05, 0.1) is 7.11 Å². The number of rotatable bonds is 7. The van der Waals surface area contributed by atoms with Gasteiger partial charge >= 0.3 is 0 Å². The van der Waals surface area contributed by atoms with E-state index in [-0.39, 0.29) is 0 Å². The number of nitrogens with one attached hydrogen (secondary N) is 1.